The van der Waals surface area contributed by atoms with Crippen LogP contribution in [-0.4, -0.2) is 21.2 Å². The molecule has 0 fully saturated rings. The molecule has 1 aromatic carbocycles. The number of benzene rings is 1. The second kappa shape index (κ2) is 6.46. The van der Waals surface area contributed by atoms with Crippen LogP contribution in [0.4, 0.5) is 5.95 Å². The van der Waals surface area contributed by atoms with Gasteiger partial charge in [0.15, 0.2) is 0 Å². The summed E-state index contributed by atoms with van der Waals surface area (Å²) in [6, 6.07) is 12.9. The van der Waals surface area contributed by atoms with Crippen LogP contribution < -0.4 is 15.0 Å². The zero-order valence-electron chi connectivity index (χ0n) is 14.3. The molecule has 0 aliphatic carbocycles. The van der Waals surface area contributed by atoms with Gasteiger partial charge >= 0.3 is 11.5 Å². The second-order valence-electron chi connectivity index (χ2n) is 6.29. The van der Waals surface area contributed by atoms with E-state index in [2.05, 4.69) is 9.88 Å². The highest BCUT2D eigenvalue weighted by Crippen LogP contribution is 2.27. The normalized spacial score (nSPS) is 13.1. The van der Waals surface area contributed by atoms with E-state index in [1.165, 1.54) is 0 Å². The Morgan fingerprint density at radius 3 is 2.65 bits per heavy atom. The lowest BCUT2D eigenvalue weighted by Gasteiger charge is -2.15. The molecule has 0 radical (unpaired) electrons. The van der Waals surface area contributed by atoms with E-state index >= 15 is 0 Å². The molecule has 1 aliphatic heterocycles. The molecular formula is C19H18ClN4O2+. The first-order valence-corrected chi connectivity index (χ1v) is 8.70. The van der Waals surface area contributed by atoms with Gasteiger partial charge in [-0.3, -0.25) is 4.90 Å². The predicted octanol–water partition coefficient (Wildman–Crippen LogP) is 2.11. The lowest BCUT2D eigenvalue weighted by molar-refractivity contribution is -0.668. The molecule has 26 heavy (non-hydrogen) atoms. The Balaban J connectivity index is 1.78. The minimum atomic E-state index is -0.182. The summed E-state index contributed by atoms with van der Waals surface area (Å²) >= 11 is 5.84. The van der Waals surface area contributed by atoms with Gasteiger partial charge in [-0.2, -0.15) is 4.57 Å². The van der Waals surface area contributed by atoms with Crippen molar-refractivity contribution in [2.75, 3.05) is 11.4 Å². The summed E-state index contributed by atoms with van der Waals surface area (Å²) in [5.74, 6) is 0.649. The summed E-state index contributed by atoms with van der Waals surface area (Å²) in [5, 5.41) is 11.2. The van der Waals surface area contributed by atoms with Crippen molar-refractivity contribution in [1.29, 1.82) is 0 Å². The van der Waals surface area contributed by atoms with E-state index in [0.29, 0.717) is 41.9 Å². The number of rotatable bonds is 3. The standard InChI is InChI=1S/C19H17ClN4O2/c1-22-17(25)16(14-5-3-2-4-6-14)18(26)24-10-9-23(19(22)24)12-13-7-8-15(20)21-11-13/h2-8,11H,9-10,12H2,1H3/p+1. The molecule has 1 N–H and O–H groups in total. The Bertz CT molecular complexity index is 1020. The fourth-order valence-corrected chi connectivity index (χ4v) is 3.51. The molecule has 6 nitrogen and oxygen atoms in total. The number of nitrogens with zero attached hydrogens (tertiary/aromatic N) is 4. The quantitative estimate of drug-likeness (QED) is 0.567. The molecule has 0 atom stereocenters. The van der Waals surface area contributed by atoms with Crippen molar-refractivity contribution >= 4 is 17.5 Å². The average molecular weight is 370 g/mol. The first-order valence-electron chi connectivity index (χ1n) is 8.33. The molecule has 3 heterocycles. The van der Waals surface area contributed by atoms with Crippen LogP contribution in [0.5, 0.6) is 5.88 Å². The first-order chi connectivity index (χ1) is 12.6. The fourth-order valence-electron chi connectivity index (χ4n) is 3.40. The third kappa shape index (κ3) is 2.72. The van der Waals surface area contributed by atoms with Crippen molar-refractivity contribution in [2.24, 2.45) is 7.05 Å². The monoisotopic (exact) mass is 369 g/mol. The fraction of sp³-hybridized carbons (Fsp3) is 0.211. The predicted molar refractivity (Wildman–Crippen MR) is 99.3 cm³/mol. The Morgan fingerprint density at radius 1 is 1.19 bits per heavy atom. The molecule has 3 aromatic rings. The maximum absolute atomic E-state index is 13.0. The summed E-state index contributed by atoms with van der Waals surface area (Å²) in [6.07, 6.45) is 1.72. The number of fused-ring (bicyclic) bond motifs is 1. The molecule has 7 heteroatoms. The smallest absolute Gasteiger partial charge is 0.365 e. The van der Waals surface area contributed by atoms with E-state index in [9.17, 15) is 9.90 Å². The third-order valence-corrected chi connectivity index (χ3v) is 4.87. The second-order valence-corrected chi connectivity index (χ2v) is 6.68. The molecule has 0 unspecified atom stereocenters. The molecule has 0 amide bonds. The van der Waals surface area contributed by atoms with E-state index in [1.807, 2.05) is 36.4 Å². The number of aromatic nitrogens is 3. The number of aromatic hydroxyl groups is 1. The minimum Gasteiger partial charge on any atom is -0.483 e. The number of hydrogen-bond donors (Lipinski definition) is 1. The molecule has 0 saturated heterocycles. The van der Waals surface area contributed by atoms with Crippen LogP contribution in [0.15, 0.2) is 53.5 Å². The van der Waals surface area contributed by atoms with Crippen molar-refractivity contribution in [1.82, 2.24) is 9.55 Å². The lowest BCUT2D eigenvalue weighted by Crippen LogP contribution is -2.42. The number of hydrogen-bond acceptors (Lipinski definition) is 4. The molecule has 132 valence electrons. The van der Waals surface area contributed by atoms with Crippen LogP contribution in [0.1, 0.15) is 5.56 Å². The molecule has 4 rings (SSSR count). The van der Waals surface area contributed by atoms with Gasteiger partial charge in [0.25, 0.3) is 5.88 Å². The van der Waals surface area contributed by atoms with Crippen LogP contribution in [0.25, 0.3) is 11.1 Å². The van der Waals surface area contributed by atoms with Crippen molar-refractivity contribution in [2.45, 2.75) is 13.1 Å². The van der Waals surface area contributed by atoms with E-state index in [4.69, 9.17) is 11.6 Å². The van der Waals surface area contributed by atoms with Crippen LogP contribution in [-0.2, 0) is 20.1 Å². The van der Waals surface area contributed by atoms with Crippen LogP contribution in [0.2, 0.25) is 5.15 Å². The average Bonchev–Trinajstić information content (AvgIpc) is 3.07. The van der Waals surface area contributed by atoms with Crippen molar-refractivity contribution in [3.8, 4) is 17.0 Å². The van der Waals surface area contributed by atoms with Crippen molar-refractivity contribution < 1.29 is 9.67 Å². The highest BCUT2D eigenvalue weighted by Gasteiger charge is 2.35. The number of anilines is 1. The Kier molecular flexibility index (Phi) is 4.12. The summed E-state index contributed by atoms with van der Waals surface area (Å²) < 4.78 is 3.38. The van der Waals surface area contributed by atoms with Gasteiger partial charge in [-0.25, -0.2) is 14.3 Å². The van der Waals surface area contributed by atoms with Gasteiger partial charge in [0, 0.05) is 11.8 Å². The van der Waals surface area contributed by atoms with Gasteiger partial charge in [-0.1, -0.05) is 48.0 Å². The maximum Gasteiger partial charge on any atom is 0.365 e. The summed E-state index contributed by atoms with van der Waals surface area (Å²) in [7, 11) is 1.77. The Labute approximate surface area is 155 Å². The summed E-state index contributed by atoms with van der Waals surface area (Å²) in [4.78, 5) is 19.2. The minimum absolute atomic E-state index is 0.0337. The lowest BCUT2D eigenvalue weighted by atomic mass is 10.1. The first kappa shape index (κ1) is 16.6. The molecule has 0 bridgehead atoms. The highest BCUT2D eigenvalue weighted by molar-refractivity contribution is 6.29. The molecule has 1 aliphatic rings. The molecule has 0 spiro atoms. The van der Waals surface area contributed by atoms with Crippen LogP contribution in [0.3, 0.4) is 0 Å². The van der Waals surface area contributed by atoms with E-state index in [-0.39, 0.29) is 11.4 Å². The zero-order valence-corrected chi connectivity index (χ0v) is 15.0. The number of halogens is 1. The van der Waals surface area contributed by atoms with Gasteiger partial charge in [0.2, 0.25) is 0 Å². The third-order valence-electron chi connectivity index (χ3n) is 4.64. The zero-order chi connectivity index (χ0) is 18.3. The van der Waals surface area contributed by atoms with Crippen LogP contribution in [0, 0.1) is 0 Å². The molecule has 2 aromatic heterocycles. The highest BCUT2D eigenvalue weighted by atomic mass is 35.5. The van der Waals surface area contributed by atoms with Crippen LogP contribution >= 0.6 is 11.6 Å². The number of pyridine rings is 1. The molecule has 0 saturated carbocycles. The van der Waals surface area contributed by atoms with Gasteiger partial charge < -0.3 is 5.11 Å². The molecular weight excluding hydrogens is 352 g/mol. The van der Waals surface area contributed by atoms with Gasteiger partial charge in [0.05, 0.1) is 20.1 Å². The van der Waals surface area contributed by atoms with Crippen molar-refractivity contribution in [3.63, 3.8) is 0 Å². The van der Waals surface area contributed by atoms with E-state index in [1.54, 1.807) is 28.4 Å². The van der Waals surface area contributed by atoms with E-state index in [0.717, 1.165) is 5.56 Å². The largest absolute Gasteiger partial charge is 0.483 e. The van der Waals surface area contributed by atoms with Crippen molar-refractivity contribution in [3.05, 3.63) is 69.7 Å². The summed E-state index contributed by atoms with van der Waals surface area (Å²) in [6.45, 7) is 1.84. The van der Waals surface area contributed by atoms with Gasteiger partial charge in [-0.05, 0) is 11.6 Å². The maximum atomic E-state index is 13.0. The Morgan fingerprint density at radius 2 is 1.96 bits per heavy atom. The Hall–Kier alpha value is -2.86. The van der Waals surface area contributed by atoms with Gasteiger partial charge in [-0.15, -0.1) is 0 Å². The van der Waals surface area contributed by atoms with Gasteiger partial charge in [0.1, 0.15) is 17.3 Å². The summed E-state index contributed by atoms with van der Waals surface area (Å²) in [5.41, 5.74) is 1.84. The topological polar surface area (TPSA) is 62.2 Å². The van der Waals surface area contributed by atoms with E-state index < -0.39 is 0 Å². The SMILES string of the molecule is C[n+]1c(O)c(-c2ccccc2)c(=O)n2c1N(Cc1ccc(Cl)nc1)CC2.